The zero-order chi connectivity index (χ0) is 10.4. The van der Waals surface area contributed by atoms with Crippen LogP contribution in [0.2, 0.25) is 5.02 Å². The molecule has 14 heavy (non-hydrogen) atoms. The number of hydrogen-bond acceptors (Lipinski definition) is 1. The van der Waals surface area contributed by atoms with Crippen LogP contribution in [0.1, 0.15) is 18.4 Å². The van der Waals surface area contributed by atoms with Gasteiger partial charge in [0.05, 0.1) is 11.6 Å². The summed E-state index contributed by atoms with van der Waals surface area (Å²) in [5.74, 6) is 3.31. The van der Waals surface area contributed by atoms with Gasteiger partial charge >= 0.3 is 0 Å². The van der Waals surface area contributed by atoms with Gasteiger partial charge in [0.25, 0.3) is 0 Å². The first-order chi connectivity index (χ1) is 6.74. The minimum Gasteiger partial charge on any atom is -0.492 e. The fourth-order valence-corrected chi connectivity index (χ4v) is 1.25. The maximum Gasteiger partial charge on any atom is 0.138 e. The number of unbranched alkanes of at least 4 members (excludes halogenated alkanes) is 1. The van der Waals surface area contributed by atoms with E-state index in [1.165, 1.54) is 0 Å². The molecule has 0 amide bonds. The van der Waals surface area contributed by atoms with E-state index >= 15 is 0 Å². The van der Waals surface area contributed by atoms with Crippen molar-refractivity contribution in [3.05, 3.63) is 28.8 Å². The summed E-state index contributed by atoms with van der Waals surface area (Å²) in [7, 11) is 0. The number of benzene rings is 1. The number of ether oxygens (including phenoxy) is 1. The van der Waals surface area contributed by atoms with Gasteiger partial charge in [-0.2, -0.15) is 0 Å². The Hall–Kier alpha value is -1.13. The van der Waals surface area contributed by atoms with Crippen molar-refractivity contribution in [2.45, 2.75) is 19.8 Å². The molecule has 0 saturated carbocycles. The first kappa shape index (κ1) is 10.9. The standard InChI is InChI=1S/C12H13ClO/c1-3-4-5-8-14-12-9-10(2)6-7-11(12)13/h1,6-7,9H,4-5,8H2,2H3. The average molecular weight is 209 g/mol. The van der Waals surface area contributed by atoms with E-state index in [0.29, 0.717) is 11.6 Å². The second-order valence-corrected chi connectivity index (χ2v) is 3.50. The van der Waals surface area contributed by atoms with E-state index in [4.69, 9.17) is 22.8 Å². The second-order valence-electron chi connectivity index (χ2n) is 3.09. The summed E-state index contributed by atoms with van der Waals surface area (Å²) in [4.78, 5) is 0. The van der Waals surface area contributed by atoms with E-state index in [-0.39, 0.29) is 0 Å². The van der Waals surface area contributed by atoms with Crippen molar-refractivity contribution >= 4 is 11.6 Å². The maximum absolute atomic E-state index is 5.94. The molecule has 0 heterocycles. The molecule has 0 aromatic heterocycles. The lowest BCUT2D eigenvalue weighted by atomic mass is 10.2. The third-order valence-electron chi connectivity index (χ3n) is 1.81. The van der Waals surface area contributed by atoms with Gasteiger partial charge in [0, 0.05) is 6.42 Å². The van der Waals surface area contributed by atoms with Gasteiger partial charge in [0.15, 0.2) is 0 Å². The largest absolute Gasteiger partial charge is 0.492 e. The fraction of sp³-hybridized carbons (Fsp3) is 0.333. The Morgan fingerprint density at radius 1 is 1.50 bits per heavy atom. The van der Waals surface area contributed by atoms with Gasteiger partial charge < -0.3 is 4.74 Å². The number of rotatable bonds is 4. The van der Waals surface area contributed by atoms with E-state index < -0.39 is 0 Å². The third kappa shape index (κ3) is 3.32. The predicted molar refractivity (Wildman–Crippen MR) is 59.8 cm³/mol. The normalized spacial score (nSPS) is 9.50. The van der Waals surface area contributed by atoms with E-state index in [9.17, 15) is 0 Å². The number of aryl methyl sites for hydroxylation is 1. The Labute approximate surface area is 90.0 Å². The Bertz CT molecular complexity index is 339. The molecule has 0 atom stereocenters. The minimum atomic E-state index is 0.618. The van der Waals surface area contributed by atoms with Crippen LogP contribution in [0, 0.1) is 19.3 Å². The van der Waals surface area contributed by atoms with Crippen LogP contribution < -0.4 is 4.74 Å². The average Bonchev–Trinajstić information content (AvgIpc) is 2.18. The van der Waals surface area contributed by atoms with Crippen molar-refractivity contribution in [2.24, 2.45) is 0 Å². The Morgan fingerprint density at radius 2 is 2.29 bits per heavy atom. The second kappa shape index (κ2) is 5.57. The highest BCUT2D eigenvalue weighted by atomic mass is 35.5. The molecule has 74 valence electrons. The summed E-state index contributed by atoms with van der Waals surface area (Å²) in [6.45, 7) is 2.62. The summed E-state index contributed by atoms with van der Waals surface area (Å²) in [5.41, 5.74) is 1.14. The molecule has 0 aliphatic heterocycles. The van der Waals surface area contributed by atoms with E-state index in [1.54, 1.807) is 0 Å². The van der Waals surface area contributed by atoms with Gasteiger partial charge in [-0.1, -0.05) is 17.7 Å². The van der Waals surface area contributed by atoms with Crippen molar-refractivity contribution in [3.8, 4) is 18.1 Å². The van der Waals surface area contributed by atoms with Crippen molar-refractivity contribution in [3.63, 3.8) is 0 Å². The molecule has 0 radical (unpaired) electrons. The van der Waals surface area contributed by atoms with Crippen LogP contribution in [0.25, 0.3) is 0 Å². The van der Waals surface area contributed by atoms with Crippen molar-refractivity contribution < 1.29 is 4.74 Å². The quantitative estimate of drug-likeness (QED) is 0.544. The molecule has 0 saturated heterocycles. The first-order valence-electron chi connectivity index (χ1n) is 4.56. The van der Waals surface area contributed by atoms with Gasteiger partial charge in [-0.25, -0.2) is 0 Å². The predicted octanol–water partition coefficient (Wildman–Crippen LogP) is 3.44. The van der Waals surface area contributed by atoms with E-state index in [2.05, 4.69) is 5.92 Å². The molecule has 1 aromatic rings. The zero-order valence-electron chi connectivity index (χ0n) is 8.22. The molecule has 0 N–H and O–H groups in total. The Balaban J connectivity index is 2.50. The molecule has 2 heteroatoms. The van der Waals surface area contributed by atoms with Crippen LogP contribution in [-0.4, -0.2) is 6.61 Å². The van der Waals surface area contributed by atoms with E-state index in [1.807, 2.05) is 25.1 Å². The van der Waals surface area contributed by atoms with Crippen molar-refractivity contribution in [1.29, 1.82) is 0 Å². The summed E-state index contributed by atoms with van der Waals surface area (Å²) < 4.78 is 5.49. The van der Waals surface area contributed by atoms with Gasteiger partial charge in [0.1, 0.15) is 5.75 Å². The molecule has 1 rings (SSSR count). The molecule has 0 bridgehead atoms. The lowest BCUT2D eigenvalue weighted by Crippen LogP contribution is -1.97. The fourth-order valence-electron chi connectivity index (χ4n) is 1.08. The van der Waals surface area contributed by atoms with Crippen LogP contribution in [-0.2, 0) is 0 Å². The van der Waals surface area contributed by atoms with Crippen LogP contribution in [0.15, 0.2) is 18.2 Å². The van der Waals surface area contributed by atoms with Gasteiger partial charge in [-0.3, -0.25) is 0 Å². The van der Waals surface area contributed by atoms with Crippen LogP contribution in [0.5, 0.6) is 5.75 Å². The molecule has 1 aromatic carbocycles. The van der Waals surface area contributed by atoms with Gasteiger partial charge in [-0.05, 0) is 31.0 Å². The molecular formula is C12H13ClO. The van der Waals surface area contributed by atoms with E-state index in [0.717, 1.165) is 24.2 Å². The topological polar surface area (TPSA) is 9.23 Å². The summed E-state index contributed by atoms with van der Waals surface area (Å²) in [6, 6.07) is 5.72. The highest BCUT2D eigenvalue weighted by molar-refractivity contribution is 6.32. The van der Waals surface area contributed by atoms with Crippen LogP contribution >= 0.6 is 11.6 Å². The summed E-state index contributed by atoms with van der Waals surface area (Å²) in [5, 5.41) is 0.649. The molecule has 1 nitrogen and oxygen atoms in total. The summed E-state index contributed by atoms with van der Waals surface area (Å²) in [6.07, 6.45) is 6.73. The highest BCUT2D eigenvalue weighted by Gasteiger charge is 2.00. The Kier molecular flexibility index (Phi) is 4.35. The SMILES string of the molecule is C#CCCCOc1cc(C)ccc1Cl. The van der Waals surface area contributed by atoms with Crippen molar-refractivity contribution in [1.82, 2.24) is 0 Å². The summed E-state index contributed by atoms with van der Waals surface area (Å²) >= 11 is 5.94. The monoisotopic (exact) mass is 208 g/mol. The molecule has 0 fully saturated rings. The zero-order valence-corrected chi connectivity index (χ0v) is 8.97. The maximum atomic E-state index is 5.94. The molecule has 0 spiro atoms. The molecule has 0 unspecified atom stereocenters. The number of terminal acetylenes is 1. The van der Waals surface area contributed by atoms with Gasteiger partial charge in [0.2, 0.25) is 0 Å². The van der Waals surface area contributed by atoms with Crippen LogP contribution in [0.4, 0.5) is 0 Å². The van der Waals surface area contributed by atoms with Gasteiger partial charge in [-0.15, -0.1) is 12.3 Å². The number of halogens is 1. The minimum absolute atomic E-state index is 0.618. The highest BCUT2D eigenvalue weighted by Crippen LogP contribution is 2.25. The first-order valence-corrected chi connectivity index (χ1v) is 4.94. The lowest BCUT2D eigenvalue weighted by Gasteiger charge is -2.07. The smallest absolute Gasteiger partial charge is 0.138 e. The van der Waals surface area contributed by atoms with Crippen molar-refractivity contribution in [2.75, 3.05) is 6.61 Å². The molecular weight excluding hydrogens is 196 g/mol. The van der Waals surface area contributed by atoms with Crippen LogP contribution in [0.3, 0.4) is 0 Å². The molecule has 0 aliphatic rings. The molecule has 0 aliphatic carbocycles. The third-order valence-corrected chi connectivity index (χ3v) is 2.12. The Morgan fingerprint density at radius 3 is 3.00 bits per heavy atom. The lowest BCUT2D eigenvalue weighted by molar-refractivity contribution is 0.313. The number of hydrogen-bond donors (Lipinski definition) is 0.